The molecule has 0 aromatic rings. The third-order valence-corrected chi connectivity index (χ3v) is 0.789. The highest BCUT2D eigenvalue weighted by Crippen LogP contribution is 1.95. The first-order valence-electron chi connectivity index (χ1n) is 3.34. The number of halogens is 1. The minimum Gasteiger partial charge on any atom is -0.295 e. The zero-order valence-electron chi connectivity index (χ0n) is 6.86. The molecule has 0 aliphatic rings. The maximum Gasteiger partial charge on any atom is 0.159 e. The molecule has 0 saturated heterocycles. The number of hydrogen-bond donors (Lipinski definition) is 0. The lowest BCUT2D eigenvalue weighted by atomic mass is 10.1. The molecule has 8 heavy (non-hydrogen) atoms. The van der Waals surface area contributed by atoms with Gasteiger partial charge in [0.05, 0.1) is 2.74 Å². The molecule has 0 unspecified atom stereocenters. The van der Waals surface area contributed by atoms with Crippen LogP contribution in [0, 0.1) is 5.92 Å². The van der Waals surface area contributed by atoms with Gasteiger partial charge in [-0.15, -0.1) is 0 Å². The van der Waals surface area contributed by atoms with Crippen LogP contribution in [-0.4, -0.2) is 5.78 Å². The van der Waals surface area contributed by atoms with Crippen molar-refractivity contribution in [1.82, 2.24) is 0 Å². The molecule has 0 aromatic heterocycles. The summed E-state index contributed by atoms with van der Waals surface area (Å²) in [6.45, 7) is 3.33. The number of carbonyl (C=O) groups is 1. The summed E-state index contributed by atoms with van der Waals surface area (Å²) >= 11 is 5.11. The van der Waals surface area contributed by atoms with Crippen LogP contribution in [0.1, 0.15) is 16.6 Å². The molecular weight excluding hydrogens is 124 g/mol. The molecule has 0 rings (SSSR count). The first-order valence-corrected chi connectivity index (χ1v) is 2.71. The van der Waals surface area contributed by atoms with Crippen molar-refractivity contribution in [3.63, 3.8) is 0 Å². The van der Waals surface area contributed by atoms with Crippen LogP contribution in [0.15, 0.2) is 11.6 Å². The molecule has 0 spiro atoms. The summed E-state index contributed by atoms with van der Waals surface area (Å²) in [7, 11) is 0. The summed E-state index contributed by atoms with van der Waals surface area (Å²) in [6, 6.07) is -0.406. The maximum absolute atomic E-state index is 10.8. The van der Waals surface area contributed by atoms with Gasteiger partial charge in [0, 0.05) is 11.4 Å². The number of allylic oxidation sites excluding steroid dienone is 1. The predicted molar refractivity (Wildman–Crippen MR) is 34.8 cm³/mol. The molecule has 2 heteroatoms. The summed E-state index contributed by atoms with van der Waals surface area (Å²) in [5.41, 5.74) is -0.487. The van der Waals surface area contributed by atoms with Gasteiger partial charge in [-0.1, -0.05) is 25.4 Å². The predicted octanol–water partition coefficient (Wildman–Crippen LogP) is 1.96. The summed E-state index contributed by atoms with van der Waals surface area (Å²) in [4.78, 5) is 10.8. The maximum atomic E-state index is 10.8. The van der Waals surface area contributed by atoms with Gasteiger partial charge in [0.2, 0.25) is 0 Å². The lowest BCUT2D eigenvalue weighted by Crippen LogP contribution is -2.01. The Kier molecular flexibility index (Phi) is 2.10. The van der Waals surface area contributed by atoms with E-state index < -0.39 is 11.6 Å². The van der Waals surface area contributed by atoms with E-state index in [9.17, 15) is 4.79 Å². The first-order chi connectivity index (χ1) is 4.46. The van der Waals surface area contributed by atoms with Gasteiger partial charge in [-0.2, -0.15) is 0 Å². The van der Waals surface area contributed by atoms with Crippen molar-refractivity contribution < 1.29 is 7.54 Å². The molecule has 0 aliphatic carbocycles. The molecule has 0 saturated carbocycles. The monoisotopic (exact) mass is 134 g/mol. The van der Waals surface area contributed by atoms with Crippen molar-refractivity contribution in [2.75, 3.05) is 0 Å². The van der Waals surface area contributed by atoms with E-state index in [-0.39, 0.29) is 11.7 Å². The fourth-order valence-corrected chi connectivity index (χ4v) is 0.284. The summed E-state index contributed by atoms with van der Waals surface area (Å²) in [5.74, 6) is -0.647. The fraction of sp³-hybridized carbons (Fsp3) is 0.500. The molecular formula is C6H9ClO. The van der Waals surface area contributed by atoms with Crippen molar-refractivity contribution in [2.24, 2.45) is 5.92 Å². The Labute approximate surface area is 57.1 Å². The van der Waals surface area contributed by atoms with Crippen LogP contribution in [0.5, 0.6) is 0 Å². The van der Waals surface area contributed by atoms with Gasteiger partial charge in [0.25, 0.3) is 0 Å². The van der Waals surface area contributed by atoms with Crippen LogP contribution in [-0.2, 0) is 4.79 Å². The molecule has 0 aromatic carbocycles. The smallest absolute Gasteiger partial charge is 0.159 e. The van der Waals surface area contributed by atoms with Crippen molar-refractivity contribution >= 4 is 17.4 Å². The molecule has 0 atom stereocenters. The largest absolute Gasteiger partial charge is 0.295 e. The van der Waals surface area contributed by atoms with E-state index in [1.807, 2.05) is 0 Å². The molecule has 1 nitrogen and oxygen atoms in total. The van der Waals surface area contributed by atoms with E-state index in [0.29, 0.717) is 0 Å². The zero-order valence-corrected chi connectivity index (χ0v) is 5.62. The quantitative estimate of drug-likeness (QED) is 0.528. The highest BCUT2D eigenvalue weighted by molar-refractivity contribution is 6.26. The molecule has 0 fully saturated rings. The molecule has 0 amide bonds. The normalized spacial score (nSPS) is 17.0. The van der Waals surface area contributed by atoms with Crippen molar-refractivity contribution in [3.05, 3.63) is 11.6 Å². The van der Waals surface area contributed by atoms with Crippen LogP contribution in [0.4, 0.5) is 0 Å². The molecule has 0 heterocycles. The second-order valence-corrected chi connectivity index (χ2v) is 1.93. The Morgan fingerprint density at radius 3 is 2.50 bits per heavy atom. The Balaban J connectivity index is 4.38. The van der Waals surface area contributed by atoms with Crippen LogP contribution >= 0.6 is 11.6 Å². The van der Waals surface area contributed by atoms with Gasteiger partial charge in [-0.3, -0.25) is 4.79 Å². The average Bonchev–Trinajstić information content (AvgIpc) is 1.84. The van der Waals surface area contributed by atoms with Crippen LogP contribution < -0.4 is 0 Å². The number of carbonyl (C=O) groups excluding carboxylic acids is 1. The molecule has 0 bridgehead atoms. The van der Waals surface area contributed by atoms with Crippen molar-refractivity contribution in [3.8, 4) is 0 Å². The Hall–Kier alpha value is -0.300. The zero-order chi connectivity index (χ0) is 8.31. The topological polar surface area (TPSA) is 17.1 Å². The highest BCUT2D eigenvalue weighted by atomic mass is 35.5. The van der Waals surface area contributed by atoms with Gasteiger partial charge in [0.15, 0.2) is 5.78 Å². The van der Waals surface area contributed by atoms with E-state index in [1.165, 1.54) is 0 Å². The van der Waals surface area contributed by atoms with Crippen LogP contribution in [0.25, 0.3) is 0 Å². The van der Waals surface area contributed by atoms with E-state index in [4.69, 9.17) is 14.3 Å². The first kappa shape index (κ1) is 4.57. The SMILES string of the molecule is [2H]/C(Cl)=C(/[2H])C(=O)C(C)C. The average molecular weight is 135 g/mol. The van der Waals surface area contributed by atoms with E-state index in [0.717, 1.165) is 0 Å². The van der Waals surface area contributed by atoms with Crippen molar-refractivity contribution in [1.29, 1.82) is 0 Å². The molecule has 46 valence electrons. The number of ketones is 1. The number of rotatable bonds is 2. The standard InChI is InChI=1S/C6H9ClO/c1-5(2)6(8)3-4-7/h3-5H,1-2H3/b4-3+/i3D,4D. The highest BCUT2D eigenvalue weighted by Gasteiger charge is 1.99. The van der Waals surface area contributed by atoms with Crippen LogP contribution in [0.2, 0.25) is 0 Å². The summed E-state index contributed by atoms with van der Waals surface area (Å²) in [6.07, 6.45) is 0. The Bertz CT molecular complexity index is 171. The van der Waals surface area contributed by atoms with Crippen LogP contribution in [0.3, 0.4) is 0 Å². The molecule has 0 radical (unpaired) electrons. The van der Waals surface area contributed by atoms with Crippen molar-refractivity contribution in [2.45, 2.75) is 13.8 Å². The third-order valence-electron chi connectivity index (χ3n) is 0.695. The van der Waals surface area contributed by atoms with Gasteiger partial charge in [-0.25, -0.2) is 0 Å². The lowest BCUT2D eigenvalue weighted by Gasteiger charge is -1.93. The molecule has 0 N–H and O–H groups in total. The summed E-state index contributed by atoms with van der Waals surface area (Å²) < 4.78 is 13.7. The number of hydrogen-bond acceptors (Lipinski definition) is 1. The minimum atomic E-state index is -0.487. The Morgan fingerprint density at radius 2 is 2.38 bits per heavy atom. The second kappa shape index (κ2) is 3.67. The van der Waals surface area contributed by atoms with Gasteiger partial charge < -0.3 is 0 Å². The van der Waals surface area contributed by atoms with E-state index in [1.54, 1.807) is 13.8 Å². The minimum absolute atomic E-state index is 0.258. The third kappa shape index (κ3) is 2.80. The fourth-order valence-electron chi connectivity index (χ4n) is 0.191. The van der Waals surface area contributed by atoms with E-state index in [2.05, 4.69) is 0 Å². The molecule has 0 aliphatic heterocycles. The van der Waals surface area contributed by atoms with Gasteiger partial charge >= 0.3 is 0 Å². The second-order valence-electron chi connectivity index (χ2n) is 1.74. The lowest BCUT2D eigenvalue weighted by molar-refractivity contribution is -0.117. The summed E-state index contributed by atoms with van der Waals surface area (Å²) in [5, 5.41) is 0. The van der Waals surface area contributed by atoms with Gasteiger partial charge in [-0.05, 0) is 6.05 Å². The van der Waals surface area contributed by atoms with Gasteiger partial charge in [0.1, 0.15) is 0 Å². The Morgan fingerprint density at radius 1 is 1.88 bits per heavy atom. The van der Waals surface area contributed by atoms with E-state index >= 15 is 0 Å².